The minimum absolute atomic E-state index is 0.0369. The molecule has 2 aromatic carbocycles. The number of aromatic nitrogens is 2. The van der Waals surface area contributed by atoms with E-state index in [4.69, 9.17) is 27.1 Å². The second kappa shape index (κ2) is 11.1. The van der Waals surface area contributed by atoms with Gasteiger partial charge in [0.1, 0.15) is 10.7 Å². The van der Waals surface area contributed by atoms with Crippen molar-refractivity contribution in [2.75, 3.05) is 32.0 Å². The Kier molecular flexibility index (Phi) is 8.53. The van der Waals surface area contributed by atoms with Gasteiger partial charge in [-0.15, -0.1) is 0 Å². The monoisotopic (exact) mass is 553 g/mol. The van der Waals surface area contributed by atoms with E-state index < -0.39 is 40.7 Å². The Morgan fingerprint density at radius 3 is 2.32 bits per heavy atom. The maximum Gasteiger partial charge on any atom is 0.240 e. The van der Waals surface area contributed by atoms with Crippen molar-refractivity contribution in [2.24, 2.45) is 22.6 Å². The molecule has 1 aromatic heterocycles. The number of nitrogen functional groups attached to an aromatic ring is 2. The van der Waals surface area contributed by atoms with Gasteiger partial charge in [0.15, 0.2) is 15.8 Å². The van der Waals surface area contributed by atoms with E-state index in [0.717, 1.165) is 0 Å². The molecule has 1 aliphatic heterocycles. The smallest absolute Gasteiger partial charge is 0.240 e. The third-order valence-electron chi connectivity index (χ3n) is 6.19. The molecule has 37 heavy (non-hydrogen) atoms. The standard InChI is InChI=1S/C21H27N7O5S2.H4N2/c22-20(23)17-13(14-2-1-3-15-18(14)27-21(24)26-15)4-5-16(19(17)35(25,32)33)34(30,31)12-6-8-28(9-7-12)10-11-29;1-2/h1-5,12,29H,6-11H2,(H3,22,23)(H3,24,26,27)(H2,25,32,33);1-2H2. The Morgan fingerprint density at radius 2 is 1.76 bits per heavy atom. The van der Waals surface area contributed by atoms with Gasteiger partial charge in [-0.1, -0.05) is 18.2 Å². The van der Waals surface area contributed by atoms with Crippen molar-refractivity contribution < 1.29 is 21.9 Å². The van der Waals surface area contributed by atoms with Crippen LogP contribution in [0.4, 0.5) is 5.95 Å². The number of imidazole rings is 1. The fourth-order valence-corrected chi connectivity index (χ4v) is 7.95. The highest BCUT2D eigenvalue weighted by atomic mass is 32.2. The first kappa shape index (κ1) is 28.5. The number of piperidine rings is 1. The number of aliphatic hydroxyl groups is 1. The summed E-state index contributed by atoms with van der Waals surface area (Å²) in [5, 5.41) is 22.0. The number of β-amino-alcohol motifs (C(OH)–C–C–N with tert-alkyl or cyclic N) is 1. The maximum atomic E-state index is 13.6. The van der Waals surface area contributed by atoms with E-state index in [1.54, 1.807) is 18.2 Å². The first-order valence-electron chi connectivity index (χ1n) is 11.1. The number of likely N-dealkylation sites (tertiary alicyclic amines) is 1. The van der Waals surface area contributed by atoms with Gasteiger partial charge in [0.2, 0.25) is 10.0 Å². The number of hydrogen-bond donors (Lipinski definition) is 8. The number of amidine groups is 1. The van der Waals surface area contributed by atoms with Gasteiger partial charge in [-0.2, -0.15) is 0 Å². The summed E-state index contributed by atoms with van der Waals surface area (Å²) >= 11 is 0. The lowest BCUT2D eigenvalue weighted by molar-refractivity contribution is 0.174. The average Bonchev–Trinajstić information content (AvgIpc) is 3.24. The van der Waals surface area contributed by atoms with Gasteiger partial charge in [0.25, 0.3) is 0 Å². The molecule has 13 N–H and O–H groups in total. The number of H-pyrrole nitrogens is 1. The Hall–Kier alpha value is -3.12. The van der Waals surface area contributed by atoms with Crippen molar-refractivity contribution in [1.29, 1.82) is 5.41 Å². The number of sulfonamides is 1. The van der Waals surface area contributed by atoms with Gasteiger partial charge in [0, 0.05) is 17.7 Å². The summed E-state index contributed by atoms with van der Waals surface area (Å²) in [5.41, 5.74) is 12.9. The highest BCUT2D eigenvalue weighted by Gasteiger charge is 2.37. The van der Waals surface area contributed by atoms with Crippen molar-refractivity contribution in [2.45, 2.75) is 27.9 Å². The third kappa shape index (κ3) is 5.59. The number of anilines is 1. The molecule has 0 saturated carbocycles. The molecule has 202 valence electrons. The van der Waals surface area contributed by atoms with Crippen LogP contribution in [0.25, 0.3) is 22.2 Å². The first-order chi connectivity index (χ1) is 17.4. The Bertz CT molecular complexity index is 1510. The zero-order valence-electron chi connectivity index (χ0n) is 19.9. The molecule has 0 atom stereocenters. The van der Waals surface area contributed by atoms with Gasteiger partial charge in [-0.3, -0.25) is 17.1 Å². The number of hydrogen-bond acceptors (Lipinski definition) is 11. The van der Waals surface area contributed by atoms with Crippen LogP contribution in [0.15, 0.2) is 40.1 Å². The van der Waals surface area contributed by atoms with E-state index in [0.29, 0.717) is 36.2 Å². The van der Waals surface area contributed by atoms with Crippen LogP contribution in [0.2, 0.25) is 0 Å². The number of para-hydroxylation sites is 1. The quantitative estimate of drug-likeness (QED) is 0.0743. The molecule has 4 rings (SSSR count). The fraction of sp³-hybridized carbons (Fsp3) is 0.333. The highest BCUT2D eigenvalue weighted by Crippen LogP contribution is 2.38. The molecule has 0 bridgehead atoms. The number of hydrazine groups is 1. The summed E-state index contributed by atoms with van der Waals surface area (Å²) in [5.74, 6) is 7.48. The molecule has 1 saturated heterocycles. The topological polar surface area (TPSA) is 274 Å². The molecule has 3 aromatic rings. The zero-order valence-corrected chi connectivity index (χ0v) is 21.5. The molecular formula is C21H31N9O5S2. The van der Waals surface area contributed by atoms with Crippen LogP contribution in [0.5, 0.6) is 0 Å². The molecular weight excluding hydrogens is 522 g/mol. The SMILES string of the molecule is N=C(N)c1c(-c2cccc3[nH]c(N)nc23)ccc(S(=O)(=O)C2CCN(CCO)CC2)c1S(N)(=O)=O.NN. The second-order valence-corrected chi connectivity index (χ2v) is 12.1. The predicted octanol–water partition coefficient (Wildman–Crippen LogP) is -1.21. The molecule has 14 nitrogen and oxygen atoms in total. The molecule has 0 unspecified atom stereocenters. The van der Waals surface area contributed by atoms with Gasteiger partial charge in [-0.05, 0) is 43.6 Å². The number of primary sulfonamides is 1. The van der Waals surface area contributed by atoms with E-state index in [1.807, 2.05) is 4.90 Å². The summed E-state index contributed by atoms with van der Waals surface area (Å²) in [7, 11) is -8.78. The number of sulfone groups is 1. The zero-order chi connectivity index (χ0) is 27.5. The van der Waals surface area contributed by atoms with Crippen molar-refractivity contribution in [1.82, 2.24) is 14.9 Å². The van der Waals surface area contributed by atoms with Crippen LogP contribution in [-0.2, 0) is 19.9 Å². The van der Waals surface area contributed by atoms with Crippen LogP contribution >= 0.6 is 0 Å². The number of fused-ring (bicyclic) bond motifs is 1. The summed E-state index contributed by atoms with van der Waals surface area (Å²) in [6.07, 6.45) is 0.519. The summed E-state index contributed by atoms with van der Waals surface area (Å²) in [6, 6.07) is 7.66. The summed E-state index contributed by atoms with van der Waals surface area (Å²) in [4.78, 5) is 7.86. The van der Waals surface area contributed by atoms with Gasteiger partial charge in [-0.25, -0.2) is 27.0 Å². The highest BCUT2D eigenvalue weighted by molar-refractivity contribution is 7.94. The minimum Gasteiger partial charge on any atom is -0.395 e. The maximum absolute atomic E-state index is 13.6. The molecule has 0 amide bonds. The lowest BCUT2D eigenvalue weighted by Crippen LogP contribution is -2.41. The van der Waals surface area contributed by atoms with Crippen LogP contribution in [0.3, 0.4) is 0 Å². The lowest BCUT2D eigenvalue weighted by Gasteiger charge is -2.31. The normalized spacial score (nSPS) is 15.4. The number of rotatable bonds is 7. The number of nitrogens with one attached hydrogen (secondary N) is 2. The third-order valence-corrected chi connectivity index (χ3v) is 9.62. The largest absolute Gasteiger partial charge is 0.395 e. The predicted molar refractivity (Wildman–Crippen MR) is 140 cm³/mol. The van der Waals surface area contributed by atoms with Crippen LogP contribution in [0, 0.1) is 5.41 Å². The number of nitrogens with zero attached hydrogens (tertiary/aromatic N) is 2. The number of aliphatic hydroxyl groups excluding tert-OH is 1. The van der Waals surface area contributed by atoms with Gasteiger partial charge in [0.05, 0.1) is 27.8 Å². The minimum atomic E-state index is -4.63. The van der Waals surface area contributed by atoms with Crippen molar-refractivity contribution >= 4 is 42.7 Å². The Balaban J connectivity index is 0.00000186. The summed E-state index contributed by atoms with van der Waals surface area (Å²) in [6.45, 7) is 1.28. The Morgan fingerprint density at radius 1 is 1.11 bits per heavy atom. The fourth-order valence-electron chi connectivity index (χ4n) is 4.59. The van der Waals surface area contributed by atoms with E-state index in [9.17, 15) is 16.8 Å². The van der Waals surface area contributed by atoms with Crippen LogP contribution in [-0.4, -0.2) is 74.1 Å². The first-order valence-corrected chi connectivity index (χ1v) is 14.2. The van der Waals surface area contributed by atoms with E-state index in [1.165, 1.54) is 12.1 Å². The summed E-state index contributed by atoms with van der Waals surface area (Å²) < 4.78 is 52.8. The molecule has 1 aliphatic rings. The van der Waals surface area contributed by atoms with E-state index in [2.05, 4.69) is 21.7 Å². The molecule has 16 heteroatoms. The van der Waals surface area contributed by atoms with Gasteiger partial charge < -0.3 is 26.5 Å². The number of nitrogens with two attached hydrogens (primary N) is 5. The van der Waals surface area contributed by atoms with E-state index in [-0.39, 0.29) is 36.5 Å². The molecule has 2 heterocycles. The number of benzene rings is 2. The van der Waals surface area contributed by atoms with E-state index >= 15 is 0 Å². The second-order valence-electron chi connectivity index (χ2n) is 8.41. The van der Waals surface area contributed by atoms with Crippen molar-refractivity contribution in [3.8, 4) is 11.1 Å². The molecule has 1 fully saturated rings. The Labute approximate surface area is 214 Å². The average molecular weight is 554 g/mol. The molecule has 0 radical (unpaired) electrons. The van der Waals surface area contributed by atoms with Crippen LogP contribution in [0.1, 0.15) is 18.4 Å². The molecule has 0 aliphatic carbocycles. The van der Waals surface area contributed by atoms with Crippen molar-refractivity contribution in [3.63, 3.8) is 0 Å². The number of aromatic amines is 1. The molecule has 0 spiro atoms. The van der Waals surface area contributed by atoms with Crippen LogP contribution < -0.4 is 28.3 Å². The van der Waals surface area contributed by atoms with Crippen molar-refractivity contribution in [3.05, 3.63) is 35.9 Å². The lowest BCUT2D eigenvalue weighted by atomic mass is 9.97. The van der Waals surface area contributed by atoms with Gasteiger partial charge >= 0.3 is 0 Å².